The molecule has 0 spiro atoms. The van der Waals surface area contributed by atoms with Gasteiger partial charge in [0.05, 0.1) is 13.2 Å². The molecule has 10 nitrogen and oxygen atoms in total. The molecule has 1 heterocycles. The van der Waals surface area contributed by atoms with Gasteiger partial charge in [-0.2, -0.15) is 5.10 Å². The summed E-state index contributed by atoms with van der Waals surface area (Å²) >= 11 is 0. The van der Waals surface area contributed by atoms with Crippen LogP contribution in [0.3, 0.4) is 0 Å². The number of carbonyl (C=O) groups is 3. The van der Waals surface area contributed by atoms with Crippen LogP contribution < -0.4 is 21.8 Å². The number of hydrazone groups is 1. The first-order valence-electron chi connectivity index (χ1n) is 8.63. The minimum absolute atomic E-state index is 0.206. The molecule has 0 aliphatic rings. The van der Waals surface area contributed by atoms with Crippen molar-refractivity contribution in [2.45, 2.75) is 32.2 Å². The van der Waals surface area contributed by atoms with Crippen molar-refractivity contribution < 1.29 is 19.1 Å². The molecule has 1 aromatic heterocycles. The zero-order valence-corrected chi connectivity index (χ0v) is 15.3. The maximum atomic E-state index is 12.1. The normalized spacial score (nSPS) is 11.6. The first kappa shape index (κ1) is 21.9. The van der Waals surface area contributed by atoms with E-state index in [4.69, 9.17) is 10.6 Å². The van der Waals surface area contributed by atoms with Crippen LogP contribution in [0.4, 0.5) is 0 Å². The van der Waals surface area contributed by atoms with Gasteiger partial charge >= 0.3 is 5.97 Å². The second-order valence-corrected chi connectivity index (χ2v) is 5.55. The molecule has 148 valence electrons. The Bertz CT molecular complexity index is 623. The topological polar surface area (TPSA) is 148 Å². The summed E-state index contributed by atoms with van der Waals surface area (Å²) in [6.07, 6.45) is 5.63. The van der Waals surface area contributed by atoms with Gasteiger partial charge in [-0.1, -0.05) is 6.07 Å². The lowest BCUT2D eigenvalue weighted by Crippen LogP contribution is -2.47. The molecule has 27 heavy (non-hydrogen) atoms. The van der Waals surface area contributed by atoms with Crippen molar-refractivity contribution in [3.8, 4) is 0 Å². The summed E-state index contributed by atoms with van der Waals surface area (Å²) < 4.78 is 5.00. The molecule has 1 atom stereocenters. The molecule has 2 amide bonds. The molecule has 0 aromatic carbocycles. The smallest absolute Gasteiger partial charge is 0.328 e. The highest BCUT2D eigenvalue weighted by molar-refractivity contribution is 5.88. The van der Waals surface area contributed by atoms with Gasteiger partial charge < -0.3 is 26.5 Å². The Balaban J connectivity index is 2.43. The number of aromatic nitrogens is 1. The number of pyridine rings is 1. The lowest BCUT2D eigenvalue weighted by molar-refractivity contribution is -0.147. The molecule has 0 aliphatic carbocycles. The number of hydrogen-bond acceptors (Lipinski definition) is 7. The largest absolute Gasteiger partial charge is 0.464 e. The van der Waals surface area contributed by atoms with Crippen molar-refractivity contribution in [1.82, 2.24) is 20.9 Å². The number of rotatable bonds is 12. The van der Waals surface area contributed by atoms with Gasteiger partial charge in [0, 0.05) is 31.8 Å². The summed E-state index contributed by atoms with van der Waals surface area (Å²) in [7, 11) is 0. The third-order valence-corrected chi connectivity index (χ3v) is 3.41. The van der Waals surface area contributed by atoms with Gasteiger partial charge in [-0.3, -0.25) is 14.6 Å². The average molecular weight is 378 g/mol. The minimum Gasteiger partial charge on any atom is -0.464 e. The Morgan fingerprint density at radius 1 is 1.37 bits per heavy atom. The molecule has 0 saturated carbocycles. The van der Waals surface area contributed by atoms with Crippen LogP contribution in [-0.2, 0) is 25.5 Å². The zero-order valence-electron chi connectivity index (χ0n) is 15.3. The molecular weight excluding hydrogens is 352 g/mol. The van der Waals surface area contributed by atoms with Crippen molar-refractivity contribution >= 4 is 24.1 Å². The first-order chi connectivity index (χ1) is 13.1. The van der Waals surface area contributed by atoms with E-state index in [1.54, 1.807) is 31.5 Å². The molecule has 5 N–H and O–H groups in total. The van der Waals surface area contributed by atoms with E-state index in [1.165, 1.54) is 6.34 Å². The van der Waals surface area contributed by atoms with Crippen LogP contribution >= 0.6 is 0 Å². The van der Waals surface area contributed by atoms with E-state index in [1.807, 2.05) is 0 Å². The summed E-state index contributed by atoms with van der Waals surface area (Å²) in [5.41, 5.74) is 0.786. The summed E-state index contributed by atoms with van der Waals surface area (Å²) in [6, 6.07) is 2.70. The van der Waals surface area contributed by atoms with E-state index in [2.05, 4.69) is 26.0 Å². The van der Waals surface area contributed by atoms with Crippen molar-refractivity contribution in [2.75, 3.05) is 19.7 Å². The van der Waals surface area contributed by atoms with Crippen LogP contribution in [0.15, 0.2) is 29.6 Å². The van der Waals surface area contributed by atoms with Crippen LogP contribution in [0.25, 0.3) is 0 Å². The van der Waals surface area contributed by atoms with Crippen LogP contribution in [0, 0.1) is 0 Å². The monoisotopic (exact) mass is 378 g/mol. The molecule has 1 aromatic rings. The third kappa shape index (κ3) is 9.78. The second kappa shape index (κ2) is 13.1. The molecule has 1 rings (SSSR count). The van der Waals surface area contributed by atoms with Gasteiger partial charge in [-0.25, -0.2) is 4.79 Å². The summed E-state index contributed by atoms with van der Waals surface area (Å²) in [6.45, 7) is 2.21. The van der Waals surface area contributed by atoms with E-state index >= 15 is 0 Å². The highest BCUT2D eigenvalue weighted by Crippen LogP contribution is 2.03. The number of nitrogens with one attached hydrogen (secondary N) is 3. The average Bonchev–Trinajstić information content (AvgIpc) is 2.66. The molecule has 0 radical (unpaired) electrons. The Morgan fingerprint density at radius 2 is 2.19 bits per heavy atom. The third-order valence-electron chi connectivity index (χ3n) is 3.41. The Kier molecular flexibility index (Phi) is 10.6. The predicted molar refractivity (Wildman–Crippen MR) is 99.4 cm³/mol. The highest BCUT2D eigenvalue weighted by Gasteiger charge is 2.22. The van der Waals surface area contributed by atoms with E-state index in [9.17, 15) is 14.4 Å². The summed E-state index contributed by atoms with van der Waals surface area (Å²) in [5, 5.41) is 11.2. The lowest BCUT2D eigenvalue weighted by atomic mass is 10.1. The van der Waals surface area contributed by atoms with Gasteiger partial charge in [-0.05, 0) is 25.0 Å². The van der Waals surface area contributed by atoms with E-state index in [0.29, 0.717) is 13.0 Å². The van der Waals surface area contributed by atoms with Crippen molar-refractivity contribution in [2.24, 2.45) is 10.9 Å². The maximum absolute atomic E-state index is 12.1. The summed E-state index contributed by atoms with van der Waals surface area (Å²) in [5.74, 6) is 3.65. The fraction of sp³-hybridized carbons (Fsp3) is 0.471. The van der Waals surface area contributed by atoms with E-state index in [0.717, 1.165) is 5.56 Å². The number of carbonyl (C=O) groups excluding carboxylic acids is 3. The quantitative estimate of drug-likeness (QED) is 0.0916. The number of nitrogens with zero attached hydrogens (tertiary/aromatic N) is 2. The SMILES string of the molecule is CCOC(=O)C(Cc1cccnc1)NC(=O)CNC(=O)CCCNC=NN. The van der Waals surface area contributed by atoms with Crippen LogP contribution in [0.1, 0.15) is 25.3 Å². The fourth-order valence-electron chi connectivity index (χ4n) is 2.17. The molecule has 0 aliphatic heterocycles. The fourth-order valence-corrected chi connectivity index (χ4v) is 2.17. The molecule has 0 saturated heterocycles. The zero-order chi connectivity index (χ0) is 19.9. The standard InChI is InChI=1S/C17H26N6O4/c1-2-27-17(26)14(9-13-5-3-7-19-10-13)23-16(25)11-21-15(24)6-4-8-20-12-22-18/h3,5,7,10,12,14H,2,4,6,8-9,11,18H2,1H3,(H,20,22)(H,21,24)(H,23,25). The minimum atomic E-state index is -0.849. The van der Waals surface area contributed by atoms with Gasteiger partial charge in [0.15, 0.2) is 0 Å². The van der Waals surface area contributed by atoms with Crippen LogP contribution in [0.2, 0.25) is 0 Å². The predicted octanol–water partition coefficient (Wildman–Crippen LogP) is -0.940. The molecule has 0 bridgehead atoms. The van der Waals surface area contributed by atoms with Crippen molar-refractivity contribution in [3.63, 3.8) is 0 Å². The summed E-state index contributed by atoms with van der Waals surface area (Å²) in [4.78, 5) is 39.9. The Morgan fingerprint density at radius 3 is 2.85 bits per heavy atom. The Labute approximate surface area is 157 Å². The van der Waals surface area contributed by atoms with Crippen molar-refractivity contribution in [1.29, 1.82) is 0 Å². The van der Waals surface area contributed by atoms with E-state index < -0.39 is 17.9 Å². The van der Waals surface area contributed by atoms with Gasteiger partial charge in [0.25, 0.3) is 0 Å². The molecule has 10 heteroatoms. The van der Waals surface area contributed by atoms with Gasteiger partial charge in [0.2, 0.25) is 11.8 Å². The second-order valence-electron chi connectivity index (χ2n) is 5.55. The molecular formula is C17H26N6O4. The van der Waals surface area contributed by atoms with Gasteiger partial charge in [-0.15, -0.1) is 0 Å². The van der Waals surface area contributed by atoms with Gasteiger partial charge in [0.1, 0.15) is 12.4 Å². The number of ether oxygens (including phenoxy) is 1. The number of esters is 1. The van der Waals surface area contributed by atoms with E-state index in [-0.39, 0.29) is 31.9 Å². The number of amides is 2. The Hall–Kier alpha value is -3.17. The lowest BCUT2D eigenvalue weighted by Gasteiger charge is -2.17. The maximum Gasteiger partial charge on any atom is 0.328 e. The highest BCUT2D eigenvalue weighted by atomic mass is 16.5. The number of hydrogen-bond donors (Lipinski definition) is 4. The number of nitrogens with two attached hydrogens (primary N) is 1. The van der Waals surface area contributed by atoms with Crippen LogP contribution in [0.5, 0.6) is 0 Å². The van der Waals surface area contributed by atoms with Crippen molar-refractivity contribution in [3.05, 3.63) is 30.1 Å². The molecule has 1 unspecified atom stereocenters. The first-order valence-corrected chi connectivity index (χ1v) is 8.63. The van der Waals surface area contributed by atoms with Crippen LogP contribution in [-0.4, -0.2) is 54.8 Å². The molecule has 0 fully saturated rings.